The summed E-state index contributed by atoms with van der Waals surface area (Å²) in [4.78, 5) is 17.3. The van der Waals surface area contributed by atoms with Gasteiger partial charge in [-0.1, -0.05) is 29.3 Å². The van der Waals surface area contributed by atoms with Crippen LogP contribution in [0.3, 0.4) is 0 Å². The lowest BCUT2D eigenvalue weighted by atomic mass is 10.1. The van der Waals surface area contributed by atoms with E-state index in [-0.39, 0.29) is 5.92 Å². The molecule has 2 saturated carbocycles. The zero-order valence-corrected chi connectivity index (χ0v) is 34.3. The Labute approximate surface area is 364 Å². The maximum atomic E-state index is 13.3. The number of halogens is 10. The number of rotatable bonds is 6. The smallest absolute Gasteiger partial charge is 0.399 e. The summed E-state index contributed by atoms with van der Waals surface area (Å²) in [5.74, 6) is 0.457. The molecule has 6 aromatic heterocycles. The van der Waals surface area contributed by atoms with Crippen molar-refractivity contribution in [3.05, 3.63) is 161 Å². The fourth-order valence-electron chi connectivity index (χ4n) is 6.97. The third kappa shape index (κ3) is 10.1. The number of pyridine rings is 4. The summed E-state index contributed by atoms with van der Waals surface area (Å²) in [5.41, 5.74) is 11.0. The lowest BCUT2D eigenvalue weighted by molar-refractivity contribution is -0.138. The van der Waals surface area contributed by atoms with Crippen LogP contribution in [0, 0.1) is 6.92 Å². The van der Waals surface area contributed by atoms with Gasteiger partial charge in [-0.2, -0.15) is 39.5 Å². The Balaban J connectivity index is 0.000000155. The molecule has 330 valence electrons. The first-order valence-electron chi connectivity index (χ1n) is 19.8. The van der Waals surface area contributed by atoms with Gasteiger partial charge in [0.15, 0.2) is 0 Å². The monoisotopic (exact) mass is 906 g/mol. The van der Waals surface area contributed by atoms with Crippen molar-refractivity contribution in [3.63, 3.8) is 0 Å². The van der Waals surface area contributed by atoms with E-state index in [2.05, 4.69) is 25.3 Å². The largest absolute Gasteiger partial charge is 0.417 e. The van der Waals surface area contributed by atoms with Crippen LogP contribution in [-0.4, -0.2) is 28.7 Å². The van der Waals surface area contributed by atoms with E-state index < -0.39 is 35.2 Å². The Kier molecular flexibility index (Phi) is 11.8. The SMILES string of the molecule is Cc1ccc(N)cc1.FC(F)(F)c1ccc(Nc2cncc(-c3c(C4CC4)nc4ccc(C(F)(F)F)cn34)c2)cc1.FC(F)(F)c1ccc2nc(C3CC3)c(-c3cncc(Cl)c3)n2c1. The number of anilines is 3. The van der Waals surface area contributed by atoms with E-state index in [1.807, 2.05) is 31.2 Å². The standard InChI is InChI=1S/C23H16F6N4.C16H11ClF3N3.C7H9N/c24-22(25,26)15-3-6-17(7-4-15)31-18-9-14(10-30-11-18)21-20(13-1-2-13)32-19-8-5-16(12-33(19)21)23(27,28)29;17-12-5-10(6-21-7-12)15-14(9-1-2-9)22-13-4-3-11(8-23(13)15)16(18,19)20;1-6-2-4-7(8)5-3-6/h3-13,31H,1-2H2;3-9H,1-2H2;2-5H,8H2,1H3. The molecule has 0 unspecified atom stereocenters. The molecule has 6 heterocycles. The van der Waals surface area contributed by atoms with Crippen LogP contribution in [-0.2, 0) is 18.5 Å². The van der Waals surface area contributed by atoms with Crippen molar-refractivity contribution in [2.45, 2.75) is 63.0 Å². The summed E-state index contributed by atoms with van der Waals surface area (Å²) < 4.78 is 120. The van der Waals surface area contributed by atoms with Crippen LogP contribution in [0.5, 0.6) is 0 Å². The minimum absolute atomic E-state index is 0.167. The molecule has 2 aliphatic rings. The first kappa shape index (κ1) is 44.0. The minimum atomic E-state index is -4.50. The van der Waals surface area contributed by atoms with Gasteiger partial charge in [0.25, 0.3) is 0 Å². The van der Waals surface area contributed by atoms with E-state index in [9.17, 15) is 39.5 Å². The summed E-state index contributed by atoms with van der Waals surface area (Å²) in [6.45, 7) is 2.04. The summed E-state index contributed by atoms with van der Waals surface area (Å²) in [5, 5.41) is 3.43. The average Bonchev–Trinajstić information content (AvgIpc) is 4.19. The molecule has 8 nitrogen and oxygen atoms in total. The Bertz CT molecular complexity index is 2910. The van der Waals surface area contributed by atoms with Crippen molar-refractivity contribution >= 4 is 40.0 Å². The van der Waals surface area contributed by atoms with Crippen LogP contribution in [0.15, 0.2) is 122 Å². The highest BCUT2D eigenvalue weighted by molar-refractivity contribution is 6.30. The molecule has 0 atom stereocenters. The number of fused-ring (bicyclic) bond motifs is 2. The first-order valence-corrected chi connectivity index (χ1v) is 20.2. The van der Waals surface area contributed by atoms with Gasteiger partial charge in [-0.3, -0.25) is 18.8 Å². The molecule has 64 heavy (non-hydrogen) atoms. The summed E-state index contributed by atoms with van der Waals surface area (Å²) in [6, 6.07) is 20.5. The van der Waals surface area contributed by atoms with Crippen molar-refractivity contribution in [1.29, 1.82) is 0 Å². The van der Waals surface area contributed by atoms with Crippen LogP contribution < -0.4 is 11.1 Å². The fourth-order valence-corrected chi connectivity index (χ4v) is 7.15. The van der Waals surface area contributed by atoms with E-state index >= 15 is 0 Å². The lowest BCUT2D eigenvalue weighted by Gasteiger charge is -2.12. The predicted molar refractivity (Wildman–Crippen MR) is 226 cm³/mol. The molecule has 0 aliphatic heterocycles. The van der Waals surface area contributed by atoms with Crippen LogP contribution in [0.1, 0.15) is 71.2 Å². The molecule has 8 aromatic rings. The van der Waals surface area contributed by atoms with Gasteiger partial charge in [0, 0.05) is 65.3 Å². The normalized spacial score (nSPS) is 14.2. The number of nitrogens with one attached hydrogen (secondary N) is 1. The van der Waals surface area contributed by atoms with E-state index in [0.717, 1.165) is 73.7 Å². The topological polar surface area (TPSA) is 98.4 Å². The predicted octanol–water partition coefficient (Wildman–Crippen LogP) is 13.6. The molecular formula is C46H36ClF9N8. The van der Waals surface area contributed by atoms with Crippen LogP contribution in [0.4, 0.5) is 56.6 Å². The molecule has 3 N–H and O–H groups in total. The Morgan fingerprint density at radius 1 is 0.562 bits per heavy atom. The molecule has 0 amide bonds. The number of nitrogen functional groups attached to an aromatic ring is 1. The van der Waals surface area contributed by atoms with Crippen molar-refractivity contribution in [1.82, 2.24) is 28.7 Å². The third-order valence-electron chi connectivity index (χ3n) is 10.4. The molecule has 0 spiro atoms. The maximum Gasteiger partial charge on any atom is 0.417 e. The zero-order valence-electron chi connectivity index (χ0n) is 33.6. The number of hydrogen-bond donors (Lipinski definition) is 2. The third-order valence-corrected chi connectivity index (χ3v) is 10.6. The molecule has 0 radical (unpaired) electrons. The number of hydrogen-bond acceptors (Lipinski definition) is 6. The molecule has 0 saturated heterocycles. The van der Waals surface area contributed by atoms with Gasteiger partial charge in [0.2, 0.25) is 0 Å². The van der Waals surface area contributed by atoms with Crippen molar-refractivity contribution in [2.75, 3.05) is 11.1 Å². The fraction of sp³-hybridized carbons (Fsp3) is 0.217. The van der Waals surface area contributed by atoms with Crippen molar-refractivity contribution in [2.24, 2.45) is 0 Å². The minimum Gasteiger partial charge on any atom is -0.399 e. The molecule has 2 aliphatic carbocycles. The Morgan fingerprint density at radius 3 is 1.45 bits per heavy atom. The molecule has 10 rings (SSSR count). The quantitative estimate of drug-likeness (QED) is 0.127. The van der Waals surface area contributed by atoms with Gasteiger partial charge in [0.1, 0.15) is 11.3 Å². The van der Waals surface area contributed by atoms with Gasteiger partial charge in [-0.15, -0.1) is 0 Å². The van der Waals surface area contributed by atoms with Gasteiger partial charge >= 0.3 is 18.5 Å². The van der Waals surface area contributed by atoms with E-state index in [4.69, 9.17) is 17.3 Å². The molecule has 18 heteroatoms. The van der Waals surface area contributed by atoms with Crippen LogP contribution in [0.25, 0.3) is 33.8 Å². The summed E-state index contributed by atoms with van der Waals surface area (Å²) in [7, 11) is 0. The number of nitrogens with two attached hydrogens (primary N) is 1. The van der Waals surface area contributed by atoms with Gasteiger partial charge < -0.3 is 11.1 Å². The summed E-state index contributed by atoms with van der Waals surface area (Å²) in [6.07, 6.45) is -1.30. The van der Waals surface area contributed by atoms with E-state index in [1.54, 1.807) is 18.3 Å². The zero-order chi connectivity index (χ0) is 45.6. The second kappa shape index (κ2) is 17.2. The van der Waals surface area contributed by atoms with E-state index in [1.165, 1.54) is 57.2 Å². The lowest BCUT2D eigenvalue weighted by Crippen LogP contribution is -2.06. The highest BCUT2D eigenvalue weighted by Gasteiger charge is 2.36. The molecule has 2 fully saturated rings. The maximum absolute atomic E-state index is 13.3. The van der Waals surface area contributed by atoms with Crippen LogP contribution in [0.2, 0.25) is 5.02 Å². The molecule has 0 bridgehead atoms. The van der Waals surface area contributed by atoms with Crippen molar-refractivity contribution < 1.29 is 39.5 Å². The van der Waals surface area contributed by atoms with Gasteiger partial charge in [0.05, 0.1) is 56.4 Å². The highest BCUT2D eigenvalue weighted by Crippen LogP contribution is 2.46. The number of alkyl halides is 9. The molecular weight excluding hydrogens is 871 g/mol. The molecule has 2 aromatic carbocycles. The Morgan fingerprint density at radius 2 is 1.02 bits per heavy atom. The highest BCUT2D eigenvalue weighted by atomic mass is 35.5. The van der Waals surface area contributed by atoms with Crippen molar-refractivity contribution in [3.8, 4) is 22.5 Å². The second-order valence-corrected chi connectivity index (χ2v) is 15.9. The van der Waals surface area contributed by atoms with Gasteiger partial charge in [-0.25, -0.2) is 9.97 Å². The van der Waals surface area contributed by atoms with Gasteiger partial charge in [-0.05, 0) is 105 Å². The number of imidazole rings is 2. The van der Waals surface area contributed by atoms with Crippen LogP contribution >= 0.6 is 11.6 Å². The average molecular weight is 907 g/mol. The number of aromatic nitrogens is 6. The second-order valence-electron chi connectivity index (χ2n) is 15.5. The summed E-state index contributed by atoms with van der Waals surface area (Å²) >= 11 is 5.99. The van der Waals surface area contributed by atoms with E-state index in [0.29, 0.717) is 61.8 Å². The Hall–Kier alpha value is -6.62. The number of benzene rings is 2. The number of aryl methyl sites for hydroxylation is 1. The first-order chi connectivity index (χ1) is 30.3. The number of nitrogens with zero attached hydrogens (tertiary/aromatic N) is 6.